The third-order valence-electron chi connectivity index (χ3n) is 3.93. The molecule has 0 bridgehead atoms. The van der Waals surface area contributed by atoms with Crippen LogP contribution >= 0.6 is 0 Å². The highest BCUT2D eigenvalue weighted by atomic mass is 19.1. The summed E-state index contributed by atoms with van der Waals surface area (Å²) < 4.78 is 14.8. The number of benzene rings is 2. The van der Waals surface area contributed by atoms with Gasteiger partial charge >= 0.3 is 0 Å². The van der Waals surface area contributed by atoms with Crippen LogP contribution in [0, 0.1) is 5.82 Å². The standard InChI is InChI=1S/C19H16FN5/c20-15-6-4-13(5-7-15)11-22-18-8-9-19-23-12-17(25(19)24-18)14-2-1-3-16(21)10-14/h1-10,12H,11,21H2,(H,22,24). The van der Waals surface area contributed by atoms with Crippen LogP contribution < -0.4 is 11.1 Å². The van der Waals surface area contributed by atoms with E-state index in [0.717, 1.165) is 22.5 Å². The van der Waals surface area contributed by atoms with Crippen molar-refractivity contribution in [2.45, 2.75) is 6.54 Å². The molecule has 3 N–H and O–H groups in total. The lowest BCUT2D eigenvalue weighted by Gasteiger charge is -2.07. The lowest BCUT2D eigenvalue weighted by atomic mass is 10.1. The second-order valence-corrected chi connectivity index (χ2v) is 5.74. The van der Waals surface area contributed by atoms with Crippen molar-refractivity contribution < 1.29 is 4.39 Å². The van der Waals surface area contributed by atoms with Gasteiger partial charge in [0.2, 0.25) is 0 Å². The molecule has 0 spiro atoms. The van der Waals surface area contributed by atoms with Crippen molar-refractivity contribution >= 4 is 17.2 Å². The molecule has 2 aromatic heterocycles. The molecule has 0 radical (unpaired) electrons. The maximum Gasteiger partial charge on any atom is 0.154 e. The number of fused-ring (bicyclic) bond motifs is 1. The van der Waals surface area contributed by atoms with Crippen LogP contribution in [-0.4, -0.2) is 14.6 Å². The molecule has 6 heteroatoms. The summed E-state index contributed by atoms with van der Waals surface area (Å²) in [5.74, 6) is 0.466. The number of halogens is 1. The first-order valence-corrected chi connectivity index (χ1v) is 7.88. The Morgan fingerprint density at radius 1 is 1.04 bits per heavy atom. The molecule has 0 unspecified atom stereocenters. The predicted octanol–water partition coefficient (Wildman–Crippen LogP) is 3.73. The zero-order valence-electron chi connectivity index (χ0n) is 13.4. The Morgan fingerprint density at radius 2 is 1.88 bits per heavy atom. The van der Waals surface area contributed by atoms with Gasteiger partial charge in [0, 0.05) is 17.8 Å². The van der Waals surface area contributed by atoms with Crippen LogP contribution in [0.5, 0.6) is 0 Å². The number of nitrogens with two attached hydrogens (primary N) is 1. The summed E-state index contributed by atoms with van der Waals surface area (Å²) in [5, 5.41) is 7.85. The van der Waals surface area contributed by atoms with Crippen molar-refractivity contribution in [3.05, 3.63) is 78.2 Å². The van der Waals surface area contributed by atoms with Crippen LogP contribution in [0.1, 0.15) is 5.56 Å². The molecule has 0 atom stereocenters. The summed E-state index contributed by atoms with van der Waals surface area (Å²) in [6, 6.07) is 17.8. The van der Waals surface area contributed by atoms with Gasteiger partial charge in [0.1, 0.15) is 11.6 Å². The fourth-order valence-corrected chi connectivity index (χ4v) is 2.66. The molecule has 4 rings (SSSR count). The van der Waals surface area contributed by atoms with E-state index in [-0.39, 0.29) is 5.82 Å². The summed E-state index contributed by atoms with van der Waals surface area (Å²) in [6.07, 6.45) is 1.78. The highest BCUT2D eigenvalue weighted by Crippen LogP contribution is 2.22. The molecule has 124 valence electrons. The summed E-state index contributed by atoms with van der Waals surface area (Å²) in [7, 11) is 0. The third kappa shape index (κ3) is 3.14. The highest BCUT2D eigenvalue weighted by Gasteiger charge is 2.08. The molecular weight excluding hydrogens is 317 g/mol. The van der Waals surface area contributed by atoms with E-state index in [4.69, 9.17) is 5.73 Å². The topological polar surface area (TPSA) is 68.2 Å². The van der Waals surface area contributed by atoms with Crippen molar-refractivity contribution in [3.63, 3.8) is 0 Å². The van der Waals surface area contributed by atoms with Crippen molar-refractivity contribution in [2.24, 2.45) is 0 Å². The number of rotatable bonds is 4. The monoisotopic (exact) mass is 333 g/mol. The van der Waals surface area contributed by atoms with Gasteiger partial charge in [-0.3, -0.25) is 0 Å². The average molecular weight is 333 g/mol. The van der Waals surface area contributed by atoms with E-state index in [9.17, 15) is 4.39 Å². The summed E-state index contributed by atoms with van der Waals surface area (Å²) >= 11 is 0. The van der Waals surface area contributed by atoms with Gasteiger partial charge in [-0.25, -0.2) is 13.9 Å². The van der Waals surface area contributed by atoms with E-state index in [0.29, 0.717) is 18.1 Å². The maximum absolute atomic E-state index is 13.0. The molecule has 5 nitrogen and oxygen atoms in total. The first-order chi connectivity index (χ1) is 12.2. The van der Waals surface area contributed by atoms with Crippen LogP contribution in [-0.2, 0) is 6.54 Å². The lowest BCUT2D eigenvalue weighted by Crippen LogP contribution is -2.04. The first-order valence-electron chi connectivity index (χ1n) is 7.88. The van der Waals surface area contributed by atoms with E-state index >= 15 is 0 Å². The molecule has 0 aliphatic rings. The second kappa shape index (κ2) is 6.24. The van der Waals surface area contributed by atoms with E-state index in [2.05, 4.69) is 15.4 Å². The zero-order valence-corrected chi connectivity index (χ0v) is 13.4. The molecule has 0 amide bonds. The van der Waals surface area contributed by atoms with Gasteiger partial charge < -0.3 is 11.1 Å². The Bertz CT molecular complexity index is 1020. The first kappa shape index (κ1) is 15.1. The van der Waals surface area contributed by atoms with E-state index in [1.807, 2.05) is 36.4 Å². The number of nitrogens with one attached hydrogen (secondary N) is 1. The second-order valence-electron chi connectivity index (χ2n) is 5.74. The SMILES string of the molecule is Nc1cccc(-c2cnc3ccc(NCc4ccc(F)cc4)nn23)c1. The third-order valence-corrected chi connectivity index (χ3v) is 3.93. The van der Waals surface area contributed by atoms with Gasteiger partial charge in [-0.2, -0.15) is 0 Å². The van der Waals surface area contributed by atoms with Gasteiger partial charge in [-0.15, -0.1) is 5.10 Å². The number of hydrogen-bond acceptors (Lipinski definition) is 4. The predicted molar refractivity (Wildman–Crippen MR) is 96.6 cm³/mol. The van der Waals surface area contributed by atoms with Crippen molar-refractivity contribution in [2.75, 3.05) is 11.1 Å². The van der Waals surface area contributed by atoms with Crippen LogP contribution in [0.3, 0.4) is 0 Å². The summed E-state index contributed by atoms with van der Waals surface area (Å²) in [6.45, 7) is 0.557. The van der Waals surface area contributed by atoms with Gasteiger partial charge in [0.25, 0.3) is 0 Å². The molecule has 0 fully saturated rings. The molecule has 0 aliphatic heterocycles. The van der Waals surface area contributed by atoms with Crippen molar-refractivity contribution in [1.82, 2.24) is 14.6 Å². The largest absolute Gasteiger partial charge is 0.399 e. The minimum absolute atomic E-state index is 0.242. The summed E-state index contributed by atoms with van der Waals surface area (Å²) in [5.41, 5.74) is 10.1. The van der Waals surface area contributed by atoms with Crippen LogP contribution in [0.25, 0.3) is 16.9 Å². The summed E-state index contributed by atoms with van der Waals surface area (Å²) in [4.78, 5) is 4.38. The average Bonchev–Trinajstić information content (AvgIpc) is 3.04. The molecule has 0 saturated carbocycles. The molecule has 2 heterocycles. The molecule has 25 heavy (non-hydrogen) atoms. The minimum atomic E-state index is -0.242. The normalized spacial score (nSPS) is 10.9. The number of nitrogen functional groups attached to an aromatic ring is 1. The van der Waals surface area contributed by atoms with E-state index < -0.39 is 0 Å². The zero-order chi connectivity index (χ0) is 17.2. The Labute approximate surface area is 143 Å². The highest BCUT2D eigenvalue weighted by molar-refractivity contribution is 5.67. The maximum atomic E-state index is 13.0. The Morgan fingerprint density at radius 3 is 2.68 bits per heavy atom. The van der Waals surface area contributed by atoms with Crippen LogP contribution in [0.4, 0.5) is 15.9 Å². The number of nitrogens with zero attached hydrogens (tertiary/aromatic N) is 3. The number of aromatic nitrogens is 3. The smallest absolute Gasteiger partial charge is 0.154 e. The van der Waals surface area contributed by atoms with Gasteiger partial charge in [0.15, 0.2) is 5.65 Å². The van der Waals surface area contributed by atoms with Gasteiger partial charge in [-0.05, 0) is 42.0 Å². The minimum Gasteiger partial charge on any atom is -0.399 e. The number of anilines is 2. The molecule has 4 aromatic rings. The van der Waals surface area contributed by atoms with Crippen molar-refractivity contribution in [3.8, 4) is 11.3 Å². The lowest BCUT2D eigenvalue weighted by molar-refractivity contribution is 0.627. The Balaban J connectivity index is 1.63. The quantitative estimate of drug-likeness (QED) is 0.558. The molecule has 0 aliphatic carbocycles. The number of hydrogen-bond donors (Lipinski definition) is 2. The Hall–Kier alpha value is -3.41. The van der Waals surface area contributed by atoms with Gasteiger partial charge in [-0.1, -0.05) is 24.3 Å². The molecule has 2 aromatic carbocycles. The molecular formula is C19H16FN5. The van der Waals surface area contributed by atoms with Gasteiger partial charge in [0.05, 0.1) is 11.9 Å². The fraction of sp³-hybridized carbons (Fsp3) is 0.0526. The van der Waals surface area contributed by atoms with E-state index in [1.165, 1.54) is 12.1 Å². The Kier molecular flexibility index (Phi) is 3.78. The fourth-order valence-electron chi connectivity index (χ4n) is 2.66. The van der Waals surface area contributed by atoms with Crippen molar-refractivity contribution in [1.29, 1.82) is 0 Å². The van der Waals surface area contributed by atoms with E-state index in [1.54, 1.807) is 22.8 Å². The molecule has 0 saturated heterocycles. The van der Waals surface area contributed by atoms with Crippen LogP contribution in [0.2, 0.25) is 0 Å². The number of imidazole rings is 1. The van der Waals surface area contributed by atoms with Crippen LogP contribution in [0.15, 0.2) is 66.9 Å².